The van der Waals surface area contributed by atoms with Crippen molar-refractivity contribution in [2.45, 2.75) is 13.8 Å². The first-order valence-corrected chi connectivity index (χ1v) is 16.1. The molecule has 1 heterocycles. The molecule has 1 aliphatic rings. The van der Waals surface area contributed by atoms with Gasteiger partial charge in [-0.05, 0) is 94.5 Å². The van der Waals surface area contributed by atoms with E-state index in [1.54, 1.807) is 0 Å². The normalized spacial score (nSPS) is 24.1. The van der Waals surface area contributed by atoms with Crippen LogP contribution in [0.25, 0.3) is 0 Å². The van der Waals surface area contributed by atoms with E-state index in [1.165, 1.54) is 11.1 Å². The molecule has 0 radical (unpaired) electrons. The van der Waals surface area contributed by atoms with Gasteiger partial charge < -0.3 is 10.2 Å². The standard InChI is InChI=1S/C22H40N9P3/c1-19-11-15-21(16-12-19)23-32(28(3)4)25-33(29(5)6,24-22-17-13-20(2)14-18-22)27-34(26-32,30(7)8)31(9)10/h11-18,23-24H,1-10H3/t32-,33-/m1/s1. The number of nitrogens with one attached hydrogen (secondary N) is 2. The summed E-state index contributed by atoms with van der Waals surface area (Å²) in [5.74, 6) is 0. The molecule has 0 fully saturated rings. The van der Waals surface area contributed by atoms with E-state index in [-0.39, 0.29) is 0 Å². The number of benzene rings is 2. The number of anilines is 2. The van der Waals surface area contributed by atoms with E-state index in [4.69, 9.17) is 13.5 Å². The SMILES string of the molecule is Cc1ccc(N[P@]2(N(C)C)=NP(N(C)C)(N(C)C)=N[P@](Nc3ccc(C)cc3)(N(C)C)=N2)cc1. The molecule has 0 saturated heterocycles. The van der Waals surface area contributed by atoms with Crippen LogP contribution in [0.1, 0.15) is 11.1 Å². The predicted molar refractivity (Wildman–Crippen MR) is 152 cm³/mol. The molecular formula is C22H40N9P3. The van der Waals surface area contributed by atoms with Crippen molar-refractivity contribution in [3.8, 4) is 0 Å². The van der Waals surface area contributed by atoms with Crippen molar-refractivity contribution in [1.29, 1.82) is 0 Å². The van der Waals surface area contributed by atoms with Gasteiger partial charge in [-0.15, -0.1) is 0 Å². The third-order valence-electron chi connectivity index (χ3n) is 5.59. The van der Waals surface area contributed by atoms with E-state index in [9.17, 15) is 0 Å². The zero-order chi connectivity index (χ0) is 25.3. The van der Waals surface area contributed by atoms with Crippen LogP contribution in [0.5, 0.6) is 0 Å². The molecule has 0 saturated carbocycles. The second-order valence-electron chi connectivity index (χ2n) is 9.29. The van der Waals surface area contributed by atoms with E-state index in [2.05, 4.69) is 148 Å². The first kappa shape index (κ1) is 27.2. The maximum atomic E-state index is 5.53. The van der Waals surface area contributed by atoms with E-state index >= 15 is 0 Å². The molecule has 0 aliphatic carbocycles. The van der Waals surface area contributed by atoms with Crippen molar-refractivity contribution in [3.05, 3.63) is 59.7 Å². The summed E-state index contributed by atoms with van der Waals surface area (Å²) in [6, 6.07) is 16.9. The Bertz CT molecular complexity index is 1100. The molecule has 0 amide bonds. The lowest BCUT2D eigenvalue weighted by molar-refractivity contribution is 0.559. The summed E-state index contributed by atoms with van der Waals surface area (Å²) in [5.41, 5.74) is 4.44. The molecule has 0 aromatic heterocycles. The van der Waals surface area contributed by atoms with Crippen molar-refractivity contribution in [2.75, 3.05) is 66.6 Å². The Labute approximate surface area is 206 Å². The molecule has 2 N–H and O–H groups in total. The minimum atomic E-state index is -2.60. The Kier molecular flexibility index (Phi) is 8.21. The van der Waals surface area contributed by atoms with Crippen LogP contribution in [0.3, 0.4) is 0 Å². The molecule has 2 aromatic rings. The first-order valence-electron chi connectivity index (χ1n) is 11.2. The quantitative estimate of drug-likeness (QED) is 0.366. The van der Waals surface area contributed by atoms with Crippen molar-refractivity contribution < 1.29 is 0 Å². The van der Waals surface area contributed by atoms with Crippen molar-refractivity contribution in [1.82, 2.24) is 18.7 Å². The average Bonchev–Trinajstić information content (AvgIpc) is 2.76. The van der Waals surface area contributed by atoms with E-state index in [0.29, 0.717) is 0 Å². The highest BCUT2D eigenvalue weighted by Crippen LogP contribution is 2.79. The summed E-state index contributed by atoms with van der Waals surface area (Å²) in [7, 11) is 8.84. The number of aryl methyl sites for hydroxylation is 2. The Morgan fingerprint density at radius 2 is 0.853 bits per heavy atom. The summed E-state index contributed by atoms with van der Waals surface area (Å²) >= 11 is 0. The molecule has 2 aromatic carbocycles. The van der Waals surface area contributed by atoms with E-state index < -0.39 is 22.5 Å². The summed E-state index contributed by atoms with van der Waals surface area (Å²) < 4.78 is 25.2. The molecule has 12 heteroatoms. The third-order valence-corrected chi connectivity index (χ3v) is 17.0. The maximum Gasteiger partial charge on any atom is 0.243 e. The fourth-order valence-electron chi connectivity index (χ4n) is 3.45. The highest BCUT2D eigenvalue weighted by molar-refractivity contribution is 7.85. The number of hydrogen-bond donors (Lipinski definition) is 2. The molecule has 34 heavy (non-hydrogen) atoms. The van der Waals surface area contributed by atoms with Crippen LogP contribution in [-0.2, 0) is 0 Å². The van der Waals surface area contributed by atoms with Crippen LogP contribution >= 0.6 is 22.5 Å². The Morgan fingerprint density at radius 1 is 0.500 bits per heavy atom. The van der Waals surface area contributed by atoms with Gasteiger partial charge in [0.15, 0.2) is 0 Å². The molecule has 0 unspecified atom stereocenters. The minimum absolute atomic E-state index is 1.00. The second kappa shape index (κ2) is 10.3. The molecule has 0 spiro atoms. The van der Waals surface area contributed by atoms with Gasteiger partial charge in [0.05, 0.1) is 0 Å². The summed E-state index contributed by atoms with van der Waals surface area (Å²) in [4.78, 5) is 0. The van der Waals surface area contributed by atoms with Gasteiger partial charge in [-0.3, -0.25) is 0 Å². The molecule has 0 bridgehead atoms. The summed E-state index contributed by atoms with van der Waals surface area (Å²) in [6.07, 6.45) is 0. The Hall–Kier alpha value is -1.43. The number of rotatable bonds is 8. The molecule has 2 atom stereocenters. The van der Waals surface area contributed by atoms with Crippen LogP contribution in [0.4, 0.5) is 11.4 Å². The van der Waals surface area contributed by atoms with Crippen LogP contribution in [0.15, 0.2) is 62.1 Å². The zero-order valence-corrected chi connectivity index (χ0v) is 24.8. The zero-order valence-electron chi connectivity index (χ0n) is 22.1. The smallest absolute Gasteiger partial charge is 0.243 e. The fraction of sp³-hybridized carbons (Fsp3) is 0.455. The van der Waals surface area contributed by atoms with E-state index in [1.807, 2.05) is 0 Å². The highest BCUT2D eigenvalue weighted by atomic mass is 31.3. The van der Waals surface area contributed by atoms with Crippen molar-refractivity contribution in [2.24, 2.45) is 13.5 Å². The monoisotopic (exact) mass is 523 g/mol. The molecule has 9 nitrogen and oxygen atoms in total. The Balaban J connectivity index is 2.37. The van der Waals surface area contributed by atoms with Gasteiger partial charge in [0.25, 0.3) is 0 Å². The number of hydrogen-bond acceptors (Lipinski definition) is 9. The lowest BCUT2D eigenvalue weighted by Crippen LogP contribution is -2.26. The van der Waals surface area contributed by atoms with Gasteiger partial charge in [0, 0.05) is 11.4 Å². The summed E-state index contributed by atoms with van der Waals surface area (Å²) in [5, 5.41) is 7.54. The first-order chi connectivity index (χ1) is 15.8. The topological polar surface area (TPSA) is 74.1 Å². The molecule has 3 rings (SSSR count). The van der Waals surface area contributed by atoms with Crippen LogP contribution < -0.4 is 10.2 Å². The van der Waals surface area contributed by atoms with Crippen molar-refractivity contribution in [3.63, 3.8) is 0 Å². The maximum absolute atomic E-state index is 5.53. The van der Waals surface area contributed by atoms with Gasteiger partial charge in [-0.2, -0.15) is 13.5 Å². The van der Waals surface area contributed by atoms with Crippen LogP contribution in [-0.4, -0.2) is 75.1 Å². The van der Waals surface area contributed by atoms with Gasteiger partial charge >= 0.3 is 0 Å². The van der Waals surface area contributed by atoms with Gasteiger partial charge in [-0.25, -0.2) is 18.7 Å². The summed E-state index contributed by atoms with van der Waals surface area (Å²) in [6.45, 7) is 4.19. The molecular weight excluding hydrogens is 483 g/mol. The fourth-order valence-corrected chi connectivity index (χ4v) is 16.9. The highest BCUT2D eigenvalue weighted by Gasteiger charge is 2.42. The van der Waals surface area contributed by atoms with Gasteiger partial charge in [0.2, 0.25) is 22.5 Å². The minimum Gasteiger partial charge on any atom is -0.323 e. The lowest BCUT2D eigenvalue weighted by atomic mass is 10.2. The third kappa shape index (κ3) is 5.37. The molecule has 188 valence electrons. The molecule has 1 aliphatic heterocycles. The average molecular weight is 524 g/mol. The van der Waals surface area contributed by atoms with Crippen LogP contribution in [0, 0.1) is 13.8 Å². The lowest BCUT2D eigenvalue weighted by Gasteiger charge is -2.44. The van der Waals surface area contributed by atoms with Crippen molar-refractivity contribution >= 4 is 33.9 Å². The Morgan fingerprint density at radius 3 is 1.18 bits per heavy atom. The van der Waals surface area contributed by atoms with E-state index in [0.717, 1.165) is 11.4 Å². The number of nitrogens with zero attached hydrogens (tertiary/aromatic N) is 7. The predicted octanol–water partition coefficient (Wildman–Crippen LogP) is 6.93. The second-order valence-corrected chi connectivity index (χ2v) is 18.4. The van der Waals surface area contributed by atoms with Gasteiger partial charge in [0.1, 0.15) is 0 Å². The largest absolute Gasteiger partial charge is 0.323 e. The van der Waals surface area contributed by atoms with Gasteiger partial charge in [-0.1, -0.05) is 35.4 Å². The van der Waals surface area contributed by atoms with Crippen LogP contribution in [0.2, 0.25) is 0 Å².